The van der Waals surface area contributed by atoms with E-state index in [0.717, 1.165) is 22.2 Å². The van der Waals surface area contributed by atoms with Crippen molar-refractivity contribution in [3.8, 4) is 5.75 Å². The Morgan fingerprint density at radius 3 is 2.83 bits per heavy atom. The summed E-state index contributed by atoms with van der Waals surface area (Å²) in [6.07, 6.45) is 2.02. The minimum Gasteiger partial charge on any atom is -0.497 e. The number of benzene rings is 1. The van der Waals surface area contributed by atoms with Gasteiger partial charge in [-0.3, -0.25) is 4.79 Å². The van der Waals surface area contributed by atoms with E-state index in [-0.39, 0.29) is 18.5 Å². The average molecular weight is 247 g/mol. The molecule has 2 rings (SSSR count). The lowest BCUT2D eigenvalue weighted by atomic mass is 10.1. The van der Waals surface area contributed by atoms with E-state index in [4.69, 9.17) is 9.47 Å². The van der Waals surface area contributed by atoms with Gasteiger partial charge in [-0.15, -0.1) is 0 Å². The van der Waals surface area contributed by atoms with Crippen LogP contribution in [0.4, 0.5) is 0 Å². The van der Waals surface area contributed by atoms with Crippen LogP contribution in [0.3, 0.4) is 0 Å². The summed E-state index contributed by atoms with van der Waals surface area (Å²) >= 11 is 0. The van der Waals surface area contributed by atoms with Gasteiger partial charge in [0.2, 0.25) is 0 Å². The minimum absolute atomic E-state index is 0.0859. The lowest BCUT2D eigenvalue weighted by molar-refractivity contribution is -0.146. The Morgan fingerprint density at radius 1 is 1.39 bits per heavy atom. The van der Waals surface area contributed by atoms with Gasteiger partial charge in [0.05, 0.1) is 19.6 Å². The highest BCUT2D eigenvalue weighted by Gasteiger charge is 2.11. The molecule has 4 nitrogen and oxygen atoms in total. The number of hydrogen-bond acceptors (Lipinski definition) is 3. The predicted molar refractivity (Wildman–Crippen MR) is 69.8 cm³/mol. The van der Waals surface area contributed by atoms with E-state index in [1.807, 2.05) is 38.2 Å². The van der Waals surface area contributed by atoms with Crippen LogP contribution in [0.1, 0.15) is 19.4 Å². The molecule has 0 radical (unpaired) electrons. The van der Waals surface area contributed by atoms with Gasteiger partial charge in [0.25, 0.3) is 0 Å². The Kier molecular flexibility index (Phi) is 3.55. The largest absolute Gasteiger partial charge is 0.497 e. The van der Waals surface area contributed by atoms with Crippen molar-refractivity contribution in [2.24, 2.45) is 0 Å². The van der Waals surface area contributed by atoms with Crippen LogP contribution >= 0.6 is 0 Å². The minimum atomic E-state index is -0.214. The molecule has 0 fully saturated rings. The highest BCUT2D eigenvalue weighted by Crippen LogP contribution is 2.24. The Labute approximate surface area is 106 Å². The summed E-state index contributed by atoms with van der Waals surface area (Å²) in [7, 11) is 1.63. The molecule has 0 saturated heterocycles. The molecule has 1 aromatic heterocycles. The Bertz CT molecular complexity index is 557. The van der Waals surface area contributed by atoms with Gasteiger partial charge in [0.15, 0.2) is 0 Å². The topological polar surface area (TPSA) is 51.3 Å². The number of nitrogens with one attached hydrogen (secondary N) is 1. The second-order valence-electron chi connectivity index (χ2n) is 4.44. The van der Waals surface area contributed by atoms with Crippen LogP contribution in [0, 0.1) is 0 Å². The fourth-order valence-electron chi connectivity index (χ4n) is 1.89. The van der Waals surface area contributed by atoms with E-state index in [0.29, 0.717) is 0 Å². The van der Waals surface area contributed by atoms with Crippen molar-refractivity contribution in [2.45, 2.75) is 26.4 Å². The third kappa shape index (κ3) is 2.64. The van der Waals surface area contributed by atoms with Crippen LogP contribution in [0.25, 0.3) is 10.9 Å². The monoisotopic (exact) mass is 247 g/mol. The number of rotatable bonds is 4. The van der Waals surface area contributed by atoms with E-state index < -0.39 is 0 Å². The average Bonchev–Trinajstić information content (AvgIpc) is 2.70. The first-order valence-electron chi connectivity index (χ1n) is 5.93. The van der Waals surface area contributed by atoms with E-state index >= 15 is 0 Å². The molecule has 0 bridgehead atoms. The zero-order valence-electron chi connectivity index (χ0n) is 10.8. The number of H-pyrrole nitrogens is 1. The number of esters is 1. The maximum Gasteiger partial charge on any atom is 0.310 e. The molecule has 0 aliphatic heterocycles. The van der Waals surface area contributed by atoms with Crippen LogP contribution in [0.2, 0.25) is 0 Å². The first-order valence-corrected chi connectivity index (χ1v) is 5.93. The van der Waals surface area contributed by atoms with Crippen LogP contribution in [-0.2, 0) is 16.0 Å². The van der Waals surface area contributed by atoms with Gasteiger partial charge in [-0.05, 0) is 37.6 Å². The van der Waals surface area contributed by atoms with Crippen molar-refractivity contribution < 1.29 is 14.3 Å². The molecular formula is C14H17NO3. The van der Waals surface area contributed by atoms with Gasteiger partial charge >= 0.3 is 5.97 Å². The van der Waals surface area contributed by atoms with Crippen molar-refractivity contribution >= 4 is 16.9 Å². The summed E-state index contributed by atoms with van der Waals surface area (Å²) in [5, 5.41) is 0.995. The molecule has 4 heteroatoms. The van der Waals surface area contributed by atoms with Gasteiger partial charge in [-0.2, -0.15) is 0 Å². The van der Waals surface area contributed by atoms with Gasteiger partial charge in [0, 0.05) is 17.1 Å². The maximum atomic E-state index is 11.7. The smallest absolute Gasteiger partial charge is 0.310 e. The summed E-state index contributed by atoms with van der Waals surface area (Å²) < 4.78 is 10.3. The highest BCUT2D eigenvalue weighted by atomic mass is 16.5. The van der Waals surface area contributed by atoms with Gasteiger partial charge in [-0.1, -0.05) is 0 Å². The summed E-state index contributed by atoms with van der Waals surface area (Å²) in [6.45, 7) is 3.69. The number of ether oxygens (including phenoxy) is 2. The lowest BCUT2D eigenvalue weighted by Gasteiger charge is -2.07. The van der Waals surface area contributed by atoms with E-state index in [1.165, 1.54) is 0 Å². The van der Waals surface area contributed by atoms with Gasteiger partial charge in [0.1, 0.15) is 5.75 Å². The standard InChI is InChI=1S/C14H17NO3/c1-9(2)18-14(16)6-10-8-15-13-5-4-11(17-3)7-12(10)13/h4-5,7-9,15H,6H2,1-3H3. The molecule has 1 N–H and O–H groups in total. The molecule has 0 aliphatic carbocycles. The van der Waals surface area contributed by atoms with Crippen molar-refractivity contribution in [2.75, 3.05) is 7.11 Å². The van der Waals surface area contributed by atoms with Crippen molar-refractivity contribution in [1.82, 2.24) is 4.98 Å². The Balaban J connectivity index is 2.25. The SMILES string of the molecule is COc1ccc2[nH]cc(CC(=O)OC(C)C)c2c1. The summed E-state index contributed by atoms with van der Waals surface area (Å²) in [5.41, 5.74) is 1.91. The maximum absolute atomic E-state index is 11.7. The zero-order valence-corrected chi connectivity index (χ0v) is 10.8. The third-order valence-corrected chi connectivity index (χ3v) is 2.68. The van der Waals surface area contributed by atoms with Gasteiger partial charge in [-0.25, -0.2) is 0 Å². The number of aromatic amines is 1. The van der Waals surface area contributed by atoms with Crippen LogP contribution in [0.5, 0.6) is 5.75 Å². The Morgan fingerprint density at radius 2 is 2.17 bits per heavy atom. The molecular weight excluding hydrogens is 230 g/mol. The molecule has 0 unspecified atom stereocenters. The highest BCUT2D eigenvalue weighted by molar-refractivity contribution is 5.88. The molecule has 0 amide bonds. The number of aromatic nitrogens is 1. The van der Waals surface area contributed by atoms with E-state index in [9.17, 15) is 4.79 Å². The second-order valence-corrected chi connectivity index (χ2v) is 4.44. The quantitative estimate of drug-likeness (QED) is 0.845. The molecule has 96 valence electrons. The second kappa shape index (κ2) is 5.12. The summed E-state index contributed by atoms with van der Waals surface area (Å²) in [6, 6.07) is 5.74. The molecule has 0 spiro atoms. The normalized spacial score (nSPS) is 10.9. The number of hydrogen-bond donors (Lipinski definition) is 1. The van der Waals surface area contributed by atoms with Gasteiger partial charge < -0.3 is 14.5 Å². The van der Waals surface area contributed by atoms with Crippen LogP contribution in [0.15, 0.2) is 24.4 Å². The van der Waals surface area contributed by atoms with Crippen molar-refractivity contribution in [3.63, 3.8) is 0 Å². The molecule has 0 saturated carbocycles. The fraction of sp³-hybridized carbons (Fsp3) is 0.357. The lowest BCUT2D eigenvalue weighted by Crippen LogP contribution is -2.13. The fourth-order valence-corrected chi connectivity index (χ4v) is 1.89. The molecule has 2 aromatic rings. The van der Waals surface area contributed by atoms with E-state index in [1.54, 1.807) is 7.11 Å². The molecule has 1 aromatic carbocycles. The third-order valence-electron chi connectivity index (χ3n) is 2.68. The predicted octanol–water partition coefficient (Wildman–Crippen LogP) is 2.67. The number of carbonyl (C=O) groups is 1. The van der Waals surface area contributed by atoms with Crippen molar-refractivity contribution in [3.05, 3.63) is 30.0 Å². The number of carbonyl (C=O) groups excluding carboxylic acids is 1. The van der Waals surface area contributed by atoms with Crippen LogP contribution < -0.4 is 4.74 Å². The van der Waals surface area contributed by atoms with E-state index in [2.05, 4.69) is 4.98 Å². The number of methoxy groups -OCH3 is 1. The molecule has 1 heterocycles. The van der Waals surface area contributed by atoms with Crippen molar-refractivity contribution in [1.29, 1.82) is 0 Å². The Hall–Kier alpha value is -1.97. The first kappa shape index (κ1) is 12.5. The first-order chi connectivity index (χ1) is 8.60. The molecule has 0 aliphatic rings. The number of fused-ring (bicyclic) bond motifs is 1. The zero-order chi connectivity index (χ0) is 13.1. The summed E-state index contributed by atoms with van der Waals surface area (Å²) in [4.78, 5) is 14.8. The summed E-state index contributed by atoms with van der Waals surface area (Å²) in [5.74, 6) is 0.564. The molecule has 0 atom stereocenters. The molecule has 18 heavy (non-hydrogen) atoms. The van der Waals surface area contributed by atoms with Crippen LogP contribution in [-0.4, -0.2) is 24.2 Å².